The summed E-state index contributed by atoms with van der Waals surface area (Å²) < 4.78 is 5.58. The van der Waals surface area contributed by atoms with Crippen LogP contribution in [0.1, 0.15) is 11.5 Å². The van der Waals surface area contributed by atoms with Gasteiger partial charge < -0.3 is 15.4 Å². The molecule has 0 aromatic heterocycles. The second-order valence-electron chi connectivity index (χ2n) is 6.98. The molecule has 2 aromatic carbocycles. The summed E-state index contributed by atoms with van der Waals surface area (Å²) in [6, 6.07) is 14.4. The number of hydrogen-bond donors (Lipinski definition) is 2. The van der Waals surface area contributed by atoms with Crippen molar-refractivity contribution in [3.8, 4) is 6.07 Å². The van der Waals surface area contributed by atoms with Crippen molar-refractivity contribution in [1.82, 2.24) is 5.32 Å². The number of carbonyl (C=O) groups is 3. The maximum atomic E-state index is 12.9. The molecule has 0 radical (unpaired) electrons. The van der Waals surface area contributed by atoms with Gasteiger partial charge in [-0.3, -0.25) is 24.5 Å². The van der Waals surface area contributed by atoms with Gasteiger partial charge in [0.25, 0.3) is 5.69 Å². The number of thioether (sulfide) groups is 1. The molecule has 3 rings (SSSR count). The van der Waals surface area contributed by atoms with Crippen molar-refractivity contribution in [2.45, 2.75) is 5.92 Å². The Morgan fingerprint density at radius 3 is 2.56 bits per heavy atom. The number of nitro benzene ring substituents is 1. The fraction of sp³-hybridized carbons (Fsp3) is 0.182. The van der Waals surface area contributed by atoms with Crippen LogP contribution in [0.2, 0.25) is 0 Å². The van der Waals surface area contributed by atoms with Crippen LogP contribution in [-0.4, -0.2) is 35.6 Å². The molecule has 34 heavy (non-hydrogen) atoms. The minimum atomic E-state index is -1.51. The van der Waals surface area contributed by atoms with Crippen LogP contribution in [0, 0.1) is 27.4 Å². The van der Waals surface area contributed by atoms with Gasteiger partial charge in [-0.15, -0.1) is 0 Å². The average molecular weight is 545 g/mol. The Morgan fingerprint density at radius 1 is 1.26 bits per heavy atom. The Morgan fingerprint density at radius 2 is 1.94 bits per heavy atom. The number of nitro groups is 1. The number of halogens is 1. The Labute approximate surface area is 206 Å². The number of ether oxygens (including phenoxy) is 1. The van der Waals surface area contributed by atoms with Crippen LogP contribution < -0.4 is 10.6 Å². The summed E-state index contributed by atoms with van der Waals surface area (Å²) >= 11 is 4.18. The van der Waals surface area contributed by atoms with Gasteiger partial charge in [-0.05, 0) is 24.3 Å². The largest absolute Gasteiger partial charge is 0.468 e. The smallest absolute Gasteiger partial charge is 0.319 e. The number of hydrogen-bond acceptors (Lipinski definition) is 8. The molecule has 0 spiro atoms. The van der Waals surface area contributed by atoms with Gasteiger partial charge in [0.2, 0.25) is 11.8 Å². The number of carbonyl (C=O) groups excluding carboxylic acids is 3. The van der Waals surface area contributed by atoms with Crippen LogP contribution in [0.4, 0.5) is 11.4 Å². The van der Waals surface area contributed by atoms with Gasteiger partial charge in [0, 0.05) is 21.8 Å². The highest BCUT2D eigenvalue weighted by molar-refractivity contribution is 9.10. The molecule has 0 aliphatic carbocycles. The zero-order chi connectivity index (χ0) is 24.8. The second-order valence-corrected chi connectivity index (χ2v) is 8.88. The minimum absolute atomic E-state index is 0.0201. The third-order valence-electron chi connectivity index (χ3n) is 4.93. The van der Waals surface area contributed by atoms with Crippen LogP contribution in [0.5, 0.6) is 0 Å². The van der Waals surface area contributed by atoms with Crippen LogP contribution in [-0.2, 0) is 19.1 Å². The van der Waals surface area contributed by atoms with E-state index in [1.54, 1.807) is 24.3 Å². The Kier molecular flexibility index (Phi) is 8.04. The number of nitriles is 1. The van der Waals surface area contributed by atoms with Crippen molar-refractivity contribution in [1.29, 1.82) is 5.26 Å². The first kappa shape index (κ1) is 24.9. The van der Waals surface area contributed by atoms with Gasteiger partial charge in [0.1, 0.15) is 5.92 Å². The molecule has 2 aromatic rings. The molecular formula is C22H17BrN4O6S. The van der Waals surface area contributed by atoms with Crippen molar-refractivity contribution in [3.05, 3.63) is 79.3 Å². The van der Waals surface area contributed by atoms with Crippen LogP contribution >= 0.6 is 27.7 Å². The first-order valence-electron chi connectivity index (χ1n) is 9.71. The predicted octanol–water partition coefficient (Wildman–Crippen LogP) is 3.47. The van der Waals surface area contributed by atoms with Gasteiger partial charge in [-0.25, -0.2) is 0 Å². The lowest BCUT2D eigenvalue weighted by molar-refractivity contribution is -0.385. The standard InChI is InChI=1S/C22H17BrN4O6S/c1-33-22(30)19-18(14-4-2-3-5-16(14)27(31)32)15(10-24)21(26-20(19)29)34-11-17(28)25-13-8-6-12(23)7-9-13/h2-9,18-19H,11H2,1H3,(H,25,28)(H,26,29)/t18-,19-/m0/s1. The highest BCUT2D eigenvalue weighted by Gasteiger charge is 2.46. The summed E-state index contributed by atoms with van der Waals surface area (Å²) in [5, 5.41) is 26.7. The van der Waals surface area contributed by atoms with Crippen molar-refractivity contribution < 1.29 is 24.0 Å². The minimum Gasteiger partial charge on any atom is -0.468 e. The van der Waals surface area contributed by atoms with E-state index in [-0.39, 0.29) is 27.6 Å². The molecule has 2 N–H and O–H groups in total. The molecule has 1 aliphatic rings. The van der Waals surface area contributed by atoms with Crippen molar-refractivity contribution >= 4 is 56.9 Å². The molecule has 174 valence electrons. The molecule has 0 bridgehead atoms. The quantitative estimate of drug-likeness (QED) is 0.232. The Hall–Kier alpha value is -3.69. The normalized spacial score (nSPS) is 17.4. The van der Waals surface area contributed by atoms with E-state index in [9.17, 15) is 29.8 Å². The molecule has 0 saturated carbocycles. The van der Waals surface area contributed by atoms with E-state index in [2.05, 4.69) is 26.6 Å². The summed E-state index contributed by atoms with van der Waals surface area (Å²) in [4.78, 5) is 48.7. The lowest BCUT2D eigenvalue weighted by Gasteiger charge is -2.30. The fourth-order valence-corrected chi connectivity index (χ4v) is 4.55. The molecular weight excluding hydrogens is 528 g/mol. The van der Waals surface area contributed by atoms with Crippen molar-refractivity contribution in [3.63, 3.8) is 0 Å². The molecule has 2 atom stereocenters. The molecule has 0 unspecified atom stereocenters. The Bertz CT molecular complexity index is 1220. The SMILES string of the molecule is COC(=O)[C@@H]1C(=O)NC(SCC(=O)Nc2ccc(Br)cc2)=C(C#N)[C@@H]1c1ccccc1[N+](=O)[O-]. The highest BCUT2D eigenvalue weighted by Crippen LogP contribution is 2.43. The number of anilines is 1. The lowest BCUT2D eigenvalue weighted by Crippen LogP contribution is -2.44. The maximum absolute atomic E-state index is 12.9. The monoisotopic (exact) mass is 544 g/mol. The summed E-state index contributed by atoms with van der Waals surface area (Å²) in [7, 11) is 1.08. The maximum Gasteiger partial charge on any atom is 0.319 e. The van der Waals surface area contributed by atoms with Crippen LogP contribution in [0.3, 0.4) is 0 Å². The molecule has 0 saturated heterocycles. The van der Waals surface area contributed by atoms with Crippen LogP contribution in [0.25, 0.3) is 0 Å². The molecule has 10 nitrogen and oxygen atoms in total. The molecule has 0 fully saturated rings. The number of para-hydroxylation sites is 1. The van der Waals surface area contributed by atoms with Gasteiger partial charge >= 0.3 is 5.97 Å². The van der Waals surface area contributed by atoms with Gasteiger partial charge in [-0.2, -0.15) is 5.26 Å². The molecule has 1 aliphatic heterocycles. The number of allylic oxidation sites excluding steroid dienone is 1. The number of nitrogens with zero attached hydrogens (tertiary/aromatic N) is 2. The van der Waals surface area contributed by atoms with E-state index < -0.39 is 34.5 Å². The van der Waals surface area contributed by atoms with Gasteiger partial charge in [-0.1, -0.05) is 45.9 Å². The summed E-state index contributed by atoms with van der Waals surface area (Å²) in [6.45, 7) is 0. The molecule has 12 heteroatoms. The zero-order valence-electron chi connectivity index (χ0n) is 17.6. The van der Waals surface area contributed by atoms with Gasteiger partial charge in [0.15, 0.2) is 0 Å². The molecule has 2 amide bonds. The number of esters is 1. The number of benzene rings is 2. The zero-order valence-corrected chi connectivity index (χ0v) is 20.0. The lowest BCUT2D eigenvalue weighted by atomic mass is 9.78. The summed E-state index contributed by atoms with van der Waals surface area (Å²) in [5.41, 5.74) is 0.151. The van der Waals surface area contributed by atoms with E-state index in [4.69, 9.17) is 4.74 Å². The van der Waals surface area contributed by atoms with E-state index in [1.165, 1.54) is 24.3 Å². The fourth-order valence-electron chi connectivity index (χ4n) is 3.44. The first-order valence-corrected chi connectivity index (χ1v) is 11.5. The highest BCUT2D eigenvalue weighted by atomic mass is 79.9. The first-order chi connectivity index (χ1) is 16.3. The number of nitrogens with one attached hydrogen (secondary N) is 2. The topological polar surface area (TPSA) is 151 Å². The summed E-state index contributed by atoms with van der Waals surface area (Å²) in [5.74, 6) is -5.06. The van der Waals surface area contributed by atoms with Crippen molar-refractivity contribution in [2.24, 2.45) is 5.92 Å². The second kappa shape index (κ2) is 11.0. The Balaban J connectivity index is 1.96. The number of methoxy groups -OCH3 is 1. The third-order valence-corrected chi connectivity index (χ3v) is 6.47. The van der Waals surface area contributed by atoms with E-state index >= 15 is 0 Å². The molecule has 1 heterocycles. The van der Waals surface area contributed by atoms with E-state index in [1.807, 2.05) is 6.07 Å². The average Bonchev–Trinajstić information content (AvgIpc) is 2.83. The predicted molar refractivity (Wildman–Crippen MR) is 127 cm³/mol. The van der Waals surface area contributed by atoms with E-state index in [0.717, 1.165) is 23.3 Å². The van der Waals surface area contributed by atoms with Crippen molar-refractivity contribution in [2.75, 3.05) is 18.2 Å². The van der Waals surface area contributed by atoms with Gasteiger partial charge in [0.05, 0.1) is 40.4 Å². The van der Waals surface area contributed by atoms with Crippen LogP contribution in [0.15, 0.2) is 63.6 Å². The number of amides is 2. The number of rotatable bonds is 7. The third kappa shape index (κ3) is 5.44. The summed E-state index contributed by atoms with van der Waals surface area (Å²) in [6.07, 6.45) is 0. The van der Waals surface area contributed by atoms with E-state index in [0.29, 0.717) is 5.69 Å².